The maximum atomic E-state index is 12.6. The van der Waals surface area contributed by atoms with Crippen molar-refractivity contribution < 1.29 is 23.5 Å². The molecule has 0 bridgehead atoms. The molecule has 5 nitrogen and oxygen atoms in total. The van der Waals surface area contributed by atoms with E-state index in [-0.39, 0.29) is 27.2 Å². The third-order valence-corrected chi connectivity index (χ3v) is 4.65. The van der Waals surface area contributed by atoms with Crippen molar-refractivity contribution in [1.29, 1.82) is 0 Å². The smallest absolute Gasteiger partial charge is 0.241 e. The van der Waals surface area contributed by atoms with Crippen molar-refractivity contribution in [3.63, 3.8) is 0 Å². The number of ketones is 3. The van der Waals surface area contributed by atoms with E-state index in [1.165, 1.54) is 13.4 Å². The highest BCUT2D eigenvalue weighted by Crippen LogP contribution is 2.35. The van der Waals surface area contributed by atoms with Crippen LogP contribution in [0.4, 0.5) is 0 Å². The van der Waals surface area contributed by atoms with Crippen molar-refractivity contribution in [2.45, 2.75) is 6.92 Å². The predicted octanol–water partition coefficient (Wildman–Crippen LogP) is 3.41. The SMILES string of the molecule is COc1ccc(C(=O)c2coc3c2C(=O)C(=O)C(Br)=C3C)cc1. The number of fused-ring (bicyclic) bond motifs is 1. The lowest BCUT2D eigenvalue weighted by molar-refractivity contribution is -0.111. The van der Waals surface area contributed by atoms with E-state index in [2.05, 4.69) is 15.9 Å². The summed E-state index contributed by atoms with van der Waals surface area (Å²) < 4.78 is 10.6. The van der Waals surface area contributed by atoms with Gasteiger partial charge in [0.05, 0.1) is 22.7 Å². The molecule has 0 aliphatic heterocycles. The van der Waals surface area contributed by atoms with Crippen molar-refractivity contribution in [2.24, 2.45) is 0 Å². The van der Waals surface area contributed by atoms with Gasteiger partial charge in [-0.15, -0.1) is 0 Å². The lowest BCUT2D eigenvalue weighted by Gasteiger charge is -2.11. The largest absolute Gasteiger partial charge is 0.497 e. The van der Waals surface area contributed by atoms with E-state index in [1.807, 2.05) is 0 Å². The molecule has 23 heavy (non-hydrogen) atoms. The van der Waals surface area contributed by atoms with E-state index in [1.54, 1.807) is 31.2 Å². The molecule has 0 amide bonds. The highest BCUT2D eigenvalue weighted by atomic mass is 79.9. The van der Waals surface area contributed by atoms with Gasteiger partial charge in [0.15, 0.2) is 5.78 Å². The Kier molecular flexibility index (Phi) is 3.77. The van der Waals surface area contributed by atoms with Crippen LogP contribution < -0.4 is 4.74 Å². The van der Waals surface area contributed by atoms with Gasteiger partial charge in [-0.3, -0.25) is 14.4 Å². The molecule has 2 aromatic rings. The van der Waals surface area contributed by atoms with Crippen LogP contribution in [0, 0.1) is 0 Å². The zero-order valence-electron chi connectivity index (χ0n) is 12.3. The summed E-state index contributed by atoms with van der Waals surface area (Å²) in [5.74, 6) is -0.948. The molecule has 0 spiro atoms. The van der Waals surface area contributed by atoms with Gasteiger partial charge in [0.25, 0.3) is 0 Å². The lowest BCUT2D eigenvalue weighted by atomic mass is 9.91. The van der Waals surface area contributed by atoms with E-state index in [0.29, 0.717) is 16.9 Å². The molecule has 1 aromatic carbocycles. The van der Waals surface area contributed by atoms with Crippen molar-refractivity contribution in [3.8, 4) is 5.75 Å². The molecule has 0 atom stereocenters. The average molecular weight is 375 g/mol. The van der Waals surface area contributed by atoms with Gasteiger partial charge in [-0.25, -0.2) is 0 Å². The summed E-state index contributed by atoms with van der Waals surface area (Å²) in [6, 6.07) is 6.48. The monoisotopic (exact) mass is 374 g/mol. The maximum Gasteiger partial charge on any atom is 0.241 e. The Morgan fingerprint density at radius 1 is 1.13 bits per heavy atom. The van der Waals surface area contributed by atoms with Gasteiger partial charge >= 0.3 is 0 Å². The fourth-order valence-corrected chi connectivity index (χ4v) is 2.77. The standard InChI is InChI=1S/C17H11BrO5/c1-8-13(18)16(21)15(20)12-11(7-23-17(8)12)14(19)9-3-5-10(22-2)6-4-9/h3-7H,1-2H3. The zero-order chi connectivity index (χ0) is 16.7. The van der Waals surface area contributed by atoms with Gasteiger partial charge in [-0.2, -0.15) is 0 Å². The van der Waals surface area contributed by atoms with Crippen molar-refractivity contribution in [1.82, 2.24) is 0 Å². The molecule has 1 aliphatic rings. The predicted molar refractivity (Wildman–Crippen MR) is 86.0 cm³/mol. The fourth-order valence-electron chi connectivity index (χ4n) is 2.41. The molecule has 1 heterocycles. The number of ether oxygens (including phenoxy) is 1. The molecule has 116 valence electrons. The highest BCUT2D eigenvalue weighted by molar-refractivity contribution is 9.12. The summed E-state index contributed by atoms with van der Waals surface area (Å²) in [7, 11) is 1.53. The van der Waals surface area contributed by atoms with Crippen LogP contribution in [-0.2, 0) is 4.79 Å². The van der Waals surface area contributed by atoms with E-state index >= 15 is 0 Å². The number of Topliss-reactive ketones (excluding diaryl/α,β-unsaturated/α-hetero) is 2. The van der Waals surface area contributed by atoms with Gasteiger partial charge < -0.3 is 9.15 Å². The molecular formula is C17H11BrO5. The number of rotatable bonds is 3. The molecule has 0 fully saturated rings. The summed E-state index contributed by atoms with van der Waals surface area (Å²) in [6.45, 7) is 1.65. The number of allylic oxidation sites excluding steroid dienone is 2. The van der Waals surface area contributed by atoms with Crippen LogP contribution in [-0.4, -0.2) is 24.5 Å². The number of furan rings is 1. The zero-order valence-corrected chi connectivity index (χ0v) is 13.9. The van der Waals surface area contributed by atoms with E-state index in [4.69, 9.17) is 9.15 Å². The Labute approximate surface area is 140 Å². The van der Waals surface area contributed by atoms with Crippen LogP contribution in [0.15, 0.2) is 39.4 Å². The number of hydrogen-bond donors (Lipinski definition) is 0. The Hall–Kier alpha value is -2.47. The minimum Gasteiger partial charge on any atom is -0.497 e. The molecule has 0 radical (unpaired) electrons. The first-order valence-electron chi connectivity index (χ1n) is 6.71. The molecule has 1 aromatic heterocycles. The summed E-state index contributed by atoms with van der Waals surface area (Å²) in [6.07, 6.45) is 1.22. The molecule has 1 aliphatic carbocycles. The number of methoxy groups -OCH3 is 1. The van der Waals surface area contributed by atoms with Gasteiger partial charge in [0.1, 0.15) is 17.8 Å². The number of hydrogen-bond acceptors (Lipinski definition) is 5. The molecule has 3 rings (SSSR count). The third kappa shape index (κ3) is 2.35. The number of halogens is 1. The van der Waals surface area contributed by atoms with Gasteiger partial charge in [0, 0.05) is 11.1 Å². The van der Waals surface area contributed by atoms with Crippen molar-refractivity contribution >= 4 is 38.9 Å². The third-order valence-electron chi connectivity index (χ3n) is 3.69. The molecule has 0 unspecified atom stereocenters. The van der Waals surface area contributed by atoms with Crippen LogP contribution >= 0.6 is 15.9 Å². The maximum absolute atomic E-state index is 12.6. The Balaban J connectivity index is 2.09. The summed E-state index contributed by atoms with van der Waals surface area (Å²) in [4.78, 5) is 36.8. The Bertz CT molecular complexity index is 871. The minimum absolute atomic E-state index is 0.0246. The first-order valence-corrected chi connectivity index (χ1v) is 7.51. The summed E-state index contributed by atoms with van der Waals surface area (Å²) in [5.41, 5.74) is 0.985. The lowest BCUT2D eigenvalue weighted by Crippen LogP contribution is -2.22. The normalized spacial score (nSPS) is 14.0. The fraction of sp³-hybridized carbons (Fsp3) is 0.118. The van der Waals surface area contributed by atoms with Crippen molar-refractivity contribution in [3.05, 3.63) is 57.5 Å². The van der Waals surface area contributed by atoms with Crippen LogP contribution in [0.5, 0.6) is 5.75 Å². The first-order chi connectivity index (χ1) is 11.0. The Morgan fingerprint density at radius 2 is 1.78 bits per heavy atom. The molecule has 0 saturated heterocycles. The molecular weight excluding hydrogens is 364 g/mol. The highest BCUT2D eigenvalue weighted by Gasteiger charge is 2.36. The molecule has 0 saturated carbocycles. The summed E-state index contributed by atoms with van der Waals surface area (Å²) in [5, 5.41) is 0. The number of carbonyl (C=O) groups is 3. The van der Waals surface area contributed by atoms with E-state index in [0.717, 1.165) is 0 Å². The second-order valence-electron chi connectivity index (χ2n) is 5.01. The topological polar surface area (TPSA) is 73.6 Å². The van der Waals surface area contributed by atoms with Gasteiger partial charge in [-0.05, 0) is 47.1 Å². The van der Waals surface area contributed by atoms with Crippen LogP contribution in [0.3, 0.4) is 0 Å². The van der Waals surface area contributed by atoms with Crippen LogP contribution in [0.2, 0.25) is 0 Å². The van der Waals surface area contributed by atoms with Gasteiger partial charge in [0.2, 0.25) is 11.6 Å². The molecule has 6 heteroatoms. The second kappa shape index (κ2) is 5.62. The van der Waals surface area contributed by atoms with Crippen LogP contribution in [0.1, 0.15) is 39.0 Å². The van der Waals surface area contributed by atoms with Crippen LogP contribution in [0.25, 0.3) is 5.57 Å². The van der Waals surface area contributed by atoms with Gasteiger partial charge in [-0.1, -0.05) is 0 Å². The quantitative estimate of drug-likeness (QED) is 0.607. The minimum atomic E-state index is -0.747. The van der Waals surface area contributed by atoms with Crippen molar-refractivity contribution in [2.75, 3.05) is 7.11 Å². The second-order valence-corrected chi connectivity index (χ2v) is 5.80. The first kappa shape index (κ1) is 15.4. The van der Waals surface area contributed by atoms with E-state index < -0.39 is 11.6 Å². The Morgan fingerprint density at radius 3 is 2.39 bits per heavy atom. The average Bonchev–Trinajstić information content (AvgIpc) is 3.02. The van der Waals surface area contributed by atoms with E-state index in [9.17, 15) is 14.4 Å². The number of benzene rings is 1. The number of carbonyl (C=O) groups excluding carboxylic acids is 3. The summed E-state index contributed by atoms with van der Waals surface area (Å²) >= 11 is 3.09. The molecule has 0 N–H and O–H groups in total.